The molecule has 0 bridgehead atoms. The van der Waals surface area contributed by atoms with Gasteiger partial charge in [0.25, 0.3) is 0 Å². The molecule has 0 aliphatic rings. The summed E-state index contributed by atoms with van der Waals surface area (Å²) in [5, 5.41) is 4.48. The Morgan fingerprint density at radius 2 is 2.22 bits per heavy atom. The van der Waals surface area contributed by atoms with Crippen LogP contribution in [-0.4, -0.2) is 21.2 Å². The van der Waals surface area contributed by atoms with Crippen LogP contribution in [0.3, 0.4) is 0 Å². The molecule has 2 N–H and O–H groups in total. The molecule has 5 nitrogen and oxygen atoms in total. The SMILES string of the molecule is CCC(N)C(C)c1nc(-c2ccc(Cl)cn2)no1. The largest absolute Gasteiger partial charge is 0.339 e. The molecule has 6 heteroatoms. The monoisotopic (exact) mass is 266 g/mol. The molecule has 18 heavy (non-hydrogen) atoms. The first-order chi connectivity index (χ1) is 8.61. The summed E-state index contributed by atoms with van der Waals surface area (Å²) in [4.78, 5) is 8.45. The van der Waals surface area contributed by atoms with Gasteiger partial charge in [0.1, 0.15) is 5.69 Å². The molecule has 0 amide bonds. The first-order valence-electron chi connectivity index (χ1n) is 5.83. The van der Waals surface area contributed by atoms with E-state index in [2.05, 4.69) is 15.1 Å². The van der Waals surface area contributed by atoms with Crippen molar-refractivity contribution >= 4 is 11.6 Å². The lowest BCUT2D eigenvalue weighted by molar-refractivity contribution is 0.340. The molecule has 0 aliphatic carbocycles. The Labute approximate surface area is 110 Å². The van der Waals surface area contributed by atoms with Gasteiger partial charge in [0.2, 0.25) is 11.7 Å². The Kier molecular flexibility index (Phi) is 3.93. The van der Waals surface area contributed by atoms with E-state index in [9.17, 15) is 0 Å². The van der Waals surface area contributed by atoms with Crippen molar-refractivity contribution in [2.45, 2.75) is 32.2 Å². The zero-order valence-corrected chi connectivity index (χ0v) is 11.1. The van der Waals surface area contributed by atoms with Crippen LogP contribution >= 0.6 is 11.6 Å². The lowest BCUT2D eigenvalue weighted by Gasteiger charge is -2.13. The van der Waals surface area contributed by atoms with E-state index >= 15 is 0 Å². The summed E-state index contributed by atoms with van der Waals surface area (Å²) in [5.74, 6) is 1.02. The Bertz CT molecular complexity index is 511. The van der Waals surface area contributed by atoms with Crippen LogP contribution in [0.1, 0.15) is 32.1 Å². The summed E-state index contributed by atoms with van der Waals surface area (Å²) < 4.78 is 5.22. The highest BCUT2D eigenvalue weighted by Crippen LogP contribution is 2.21. The molecule has 2 heterocycles. The summed E-state index contributed by atoms with van der Waals surface area (Å²) in [5.41, 5.74) is 6.59. The van der Waals surface area contributed by atoms with Gasteiger partial charge in [0, 0.05) is 12.2 Å². The minimum absolute atomic E-state index is 0.0106. The average Bonchev–Trinajstić information content (AvgIpc) is 2.87. The molecular formula is C12H15ClN4O. The van der Waals surface area contributed by atoms with Gasteiger partial charge in [-0.25, -0.2) is 0 Å². The molecule has 0 radical (unpaired) electrons. The van der Waals surface area contributed by atoms with Gasteiger partial charge in [-0.1, -0.05) is 30.6 Å². The number of hydrogen-bond acceptors (Lipinski definition) is 5. The van der Waals surface area contributed by atoms with Gasteiger partial charge in [-0.05, 0) is 18.6 Å². The van der Waals surface area contributed by atoms with E-state index in [0.29, 0.717) is 22.4 Å². The lowest BCUT2D eigenvalue weighted by atomic mass is 10.0. The molecule has 96 valence electrons. The maximum atomic E-state index is 5.96. The topological polar surface area (TPSA) is 77.8 Å². The fourth-order valence-electron chi connectivity index (χ4n) is 1.57. The Hall–Kier alpha value is -1.46. The second-order valence-electron chi connectivity index (χ2n) is 4.18. The van der Waals surface area contributed by atoms with Gasteiger partial charge >= 0.3 is 0 Å². The molecule has 0 aliphatic heterocycles. The van der Waals surface area contributed by atoms with Crippen molar-refractivity contribution < 1.29 is 4.52 Å². The molecule has 2 atom stereocenters. The third-order valence-corrected chi connectivity index (χ3v) is 3.12. The quantitative estimate of drug-likeness (QED) is 0.920. The first kappa shape index (κ1) is 13.0. The number of nitrogens with zero attached hydrogens (tertiary/aromatic N) is 3. The van der Waals surface area contributed by atoms with E-state index in [1.54, 1.807) is 18.3 Å². The molecule has 0 fully saturated rings. The molecule has 0 saturated heterocycles. The van der Waals surface area contributed by atoms with Crippen molar-refractivity contribution in [3.8, 4) is 11.5 Å². The second kappa shape index (κ2) is 5.46. The minimum Gasteiger partial charge on any atom is -0.339 e. The van der Waals surface area contributed by atoms with E-state index in [1.165, 1.54) is 0 Å². The van der Waals surface area contributed by atoms with Gasteiger partial charge in [0.15, 0.2) is 0 Å². The molecule has 0 spiro atoms. The molecule has 0 saturated carbocycles. The third-order valence-electron chi connectivity index (χ3n) is 2.90. The highest BCUT2D eigenvalue weighted by Gasteiger charge is 2.20. The van der Waals surface area contributed by atoms with E-state index in [0.717, 1.165) is 6.42 Å². The Balaban J connectivity index is 2.22. The van der Waals surface area contributed by atoms with Gasteiger partial charge < -0.3 is 10.3 Å². The fourth-order valence-corrected chi connectivity index (χ4v) is 1.68. The molecule has 2 aromatic rings. The van der Waals surface area contributed by atoms with E-state index < -0.39 is 0 Å². The Morgan fingerprint density at radius 3 is 2.83 bits per heavy atom. The summed E-state index contributed by atoms with van der Waals surface area (Å²) in [6, 6.07) is 3.50. The number of hydrogen-bond donors (Lipinski definition) is 1. The molecule has 2 aromatic heterocycles. The van der Waals surface area contributed by atoms with Crippen LogP contribution in [0.25, 0.3) is 11.5 Å². The smallest absolute Gasteiger partial charge is 0.231 e. The summed E-state index contributed by atoms with van der Waals surface area (Å²) in [6.45, 7) is 4.00. The Morgan fingerprint density at radius 1 is 1.44 bits per heavy atom. The molecular weight excluding hydrogens is 252 g/mol. The maximum absolute atomic E-state index is 5.96. The summed E-state index contributed by atoms with van der Waals surface area (Å²) in [6.07, 6.45) is 2.41. The minimum atomic E-state index is 0.0106. The number of rotatable bonds is 4. The van der Waals surface area contributed by atoms with Gasteiger partial charge in [-0.15, -0.1) is 0 Å². The van der Waals surface area contributed by atoms with E-state index in [-0.39, 0.29) is 12.0 Å². The van der Waals surface area contributed by atoms with Crippen LogP contribution < -0.4 is 5.73 Å². The second-order valence-corrected chi connectivity index (χ2v) is 4.62. The van der Waals surface area contributed by atoms with Gasteiger partial charge in [-0.3, -0.25) is 4.98 Å². The van der Waals surface area contributed by atoms with E-state index in [4.69, 9.17) is 21.9 Å². The maximum Gasteiger partial charge on any atom is 0.231 e. The number of aromatic nitrogens is 3. The van der Waals surface area contributed by atoms with Crippen molar-refractivity contribution in [1.82, 2.24) is 15.1 Å². The zero-order chi connectivity index (χ0) is 13.1. The van der Waals surface area contributed by atoms with Crippen molar-refractivity contribution in [2.24, 2.45) is 5.73 Å². The van der Waals surface area contributed by atoms with Crippen LogP contribution in [0.5, 0.6) is 0 Å². The van der Waals surface area contributed by atoms with Crippen molar-refractivity contribution in [2.75, 3.05) is 0 Å². The highest BCUT2D eigenvalue weighted by atomic mass is 35.5. The van der Waals surface area contributed by atoms with Crippen LogP contribution in [0.4, 0.5) is 0 Å². The standard InChI is InChI=1S/C12H15ClN4O/c1-3-9(14)7(2)12-16-11(17-18-12)10-5-4-8(13)6-15-10/h4-7,9H,3,14H2,1-2H3. The highest BCUT2D eigenvalue weighted by molar-refractivity contribution is 6.30. The van der Waals surface area contributed by atoms with Crippen LogP contribution in [0.15, 0.2) is 22.9 Å². The van der Waals surface area contributed by atoms with Crippen LogP contribution in [-0.2, 0) is 0 Å². The fraction of sp³-hybridized carbons (Fsp3) is 0.417. The molecule has 0 aromatic carbocycles. The summed E-state index contributed by atoms with van der Waals surface area (Å²) in [7, 11) is 0. The predicted octanol–water partition coefficient (Wildman–Crippen LogP) is 2.63. The lowest BCUT2D eigenvalue weighted by Crippen LogP contribution is -2.25. The third kappa shape index (κ3) is 2.68. The molecule has 2 unspecified atom stereocenters. The number of nitrogens with two attached hydrogens (primary N) is 1. The first-order valence-corrected chi connectivity index (χ1v) is 6.20. The van der Waals surface area contributed by atoms with Gasteiger partial charge in [0.05, 0.1) is 10.9 Å². The van der Waals surface area contributed by atoms with Crippen molar-refractivity contribution in [1.29, 1.82) is 0 Å². The number of pyridine rings is 1. The normalized spacial score (nSPS) is 14.4. The van der Waals surface area contributed by atoms with Crippen molar-refractivity contribution in [3.05, 3.63) is 29.2 Å². The predicted molar refractivity (Wildman–Crippen MR) is 69.2 cm³/mol. The molecule has 2 rings (SSSR count). The summed E-state index contributed by atoms with van der Waals surface area (Å²) >= 11 is 5.77. The van der Waals surface area contributed by atoms with Gasteiger partial charge in [-0.2, -0.15) is 4.98 Å². The van der Waals surface area contributed by atoms with Crippen LogP contribution in [0.2, 0.25) is 5.02 Å². The van der Waals surface area contributed by atoms with Crippen molar-refractivity contribution in [3.63, 3.8) is 0 Å². The average molecular weight is 267 g/mol. The number of halogens is 1. The van der Waals surface area contributed by atoms with E-state index in [1.807, 2.05) is 13.8 Å². The van der Waals surface area contributed by atoms with Crippen LogP contribution in [0, 0.1) is 0 Å². The zero-order valence-electron chi connectivity index (χ0n) is 10.3.